The Balaban J connectivity index is 1.63. The first-order valence-electron chi connectivity index (χ1n) is 8.33. The van der Waals surface area contributed by atoms with Gasteiger partial charge in [0.15, 0.2) is 0 Å². The van der Waals surface area contributed by atoms with Crippen molar-refractivity contribution in [1.82, 2.24) is 5.32 Å². The van der Waals surface area contributed by atoms with Crippen molar-refractivity contribution in [2.45, 2.75) is 6.92 Å². The number of carbonyl (C=O) groups is 2. The highest BCUT2D eigenvalue weighted by atomic mass is 35.5. The van der Waals surface area contributed by atoms with Crippen LogP contribution in [0.3, 0.4) is 0 Å². The molecule has 0 aliphatic carbocycles. The van der Waals surface area contributed by atoms with Crippen molar-refractivity contribution in [2.75, 3.05) is 5.32 Å². The number of halogens is 2. The lowest BCUT2D eigenvalue weighted by molar-refractivity contribution is 0.0966. The highest BCUT2D eigenvalue weighted by Gasteiger charge is 2.13. The first-order chi connectivity index (χ1) is 13.4. The third-order valence-electron chi connectivity index (χ3n) is 3.85. The van der Waals surface area contributed by atoms with Gasteiger partial charge in [0.1, 0.15) is 11.5 Å². The summed E-state index contributed by atoms with van der Waals surface area (Å²) in [5.74, 6) is 0.518. The molecule has 0 saturated heterocycles. The minimum atomic E-state index is -0.657. The summed E-state index contributed by atoms with van der Waals surface area (Å²) in [5, 5.41) is 5.77. The topological polar surface area (TPSA) is 67.4 Å². The molecule has 0 spiro atoms. The number of carbonyl (C=O) groups excluding carboxylic acids is 2. The number of ether oxygens (including phenoxy) is 1. The molecule has 142 valence electrons. The standard InChI is InChI=1S/C21H16Cl2N2O3/c1-13-4-2-3-5-17(13)20(26)25-21(27)24-15-8-11-19(18(23)12-15)28-16-9-6-14(22)7-10-16/h2-12H,1H3,(H2,24,25,26,27). The Labute approximate surface area is 172 Å². The number of urea groups is 1. The van der Waals surface area contributed by atoms with E-state index >= 15 is 0 Å². The molecule has 0 aliphatic heterocycles. The second-order valence-electron chi connectivity index (χ2n) is 5.92. The fourth-order valence-electron chi connectivity index (χ4n) is 2.45. The lowest BCUT2D eigenvalue weighted by Crippen LogP contribution is -2.34. The van der Waals surface area contributed by atoms with Crippen LogP contribution in [0.2, 0.25) is 10.0 Å². The predicted molar refractivity (Wildman–Crippen MR) is 111 cm³/mol. The van der Waals surface area contributed by atoms with Crippen LogP contribution in [0.25, 0.3) is 0 Å². The Morgan fingerprint density at radius 2 is 1.64 bits per heavy atom. The smallest absolute Gasteiger partial charge is 0.326 e. The summed E-state index contributed by atoms with van der Waals surface area (Å²) in [5.41, 5.74) is 1.63. The van der Waals surface area contributed by atoms with Crippen LogP contribution in [0.1, 0.15) is 15.9 Å². The van der Waals surface area contributed by atoms with Gasteiger partial charge in [0, 0.05) is 16.3 Å². The largest absolute Gasteiger partial charge is 0.456 e. The summed E-state index contributed by atoms with van der Waals surface area (Å²) >= 11 is 12.1. The molecule has 0 atom stereocenters. The van der Waals surface area contributed by atoms with Gasteiger partial charge in [0.25, 0.3) is 5.91 Å². The van der Waals surface area contributed by atoms with Gasteiger partial charge in [-0.3, -0.25) is 10.1 Å². The molecular formula is C21H16Cl2N2O3. The van der Waals surface area contributed by atoms with Gasteiger partial charge in [-0.2, -0.15) is 0 Å². The van der Waals surface area contributed by atoms with Crippen molar-refractivity contribution >= 4 is 40.8 Å². The molecule has 3 aromatic carbocycles. The molecule has 0 aromatic heterocycles. The van der Waals surface area contributed by atoms with Crippen molar-refractivity contribution in [3.8, 4) is 11.5 Å². The molecule has 2 N–H and O–H groups in total. The molecule has 3 amide bonds. The molecule has 28 heavy (non-hydrogen) atoms. The summed E-state index contributed by atoms with van der Waals surface area (Å²) in [7, 11) is 0. The van der Waals surface area contributed by atoms with Crippen LogP contribution in [-0.4, -0.2) is 11.9 Å². The second-order valence-corrected chi connectivity index (χ2v) is 6.77. The molecule has 0 heterocycles. The molecule has 0 fully saturated rings. The van der Waals surface area contributed by atoms with E-state index in [1.165, 1.54) is 6.07 Å². The van der Waals surface area contributed by atoms with Crippen LogP contribution in [0.4, 0.5) is 10.5 Å². The van der Waals surface area contributed by atoms with Gasteiger partial charge in [-0.25, -0.2) is 4.79 Å². The summed E-state index contributed by atoms with van der Waals surface area (Å²) in [4.78, 5) is 24.3. The maximum atomic E-state index is 12.2. The normalized spacial score (nSPS) is 10.2. The van der Waals surface area contributed by atoms with Gasteiger partial charge in [-0.1, -0.05) is 41.4 Å². The minimum absolute atomic E-state index is 0.304. The first-order valence-corrected chi connectivity index (χ1v) is 9.09. The van der Waals surface area contributed by atoms with Crippen molar-refractivity contribution < 1.29 is 14.3 Å². The quantitative estimate of drug-likeness (QED) is 0.545. The monoisotopic (exact) mass is 414 g/mol. The van der Waals surface area contributed by atoms with E-state index < -0.39 is 11.9 Å². The Morgan fingerprint density at radius 3 is 2.32 bits per heavy atom. The van der Waals surface area contributed by atoms with Gasteiger partial charge >= 0.3 is 6.03 Å². The molecular weight excluding hydrogens is 399 g/mol. The van der Waals surface area contributed by atoms with Gasteiger partial charge in [0.05, 0.1) is 5.02 Å². The molecule has 0 bridgehead atoms. The van der Waals surface area contributed by atoms with Crippen molar-refractivity contribution in [2.24, 2.45) is 0 Å². The van der Waals surface area contributed by atoms with Crippen LogP contribution in [-0.2, 0) is 0 Å². The highest BCUT2D eigenvalue weighted by Crippen LogP contribution is 2.32. The van der Waals surface area contributed by atoms with E-state index in [-0.39, 0.29) is 0 Å². The molecule has 3 aromatic rings. The number of benzene rings is 3. The van der Waals surface area contributed by atoms with Crippen LogP contribution in [0.15, 0.2) is 66.7 Å². The zero-order valence-corrected chi connectivity index (χ0v) is 16.3. The van der Waals surface area contributed by atoms with E-state index in [2.05, 4.69) is 10.6 Å². The third-order valence-corrected chi connectivity index (χ3v) is 4.40. The number of amides is 3. The lowest BCUT2D eigenvalue weighted by Gasteiger charge is -2.11. The average molecular weight is 415 g/mol. The molecule has 5 nitrogen and oxygen atoms in total. The predicted octanol–water partition coefficient (Wildman–Crippen LogP) is 6.06. The second kappa shape index (κ2) is 8.78. The Morgan fingerprint density at radius 1 is 0.929 bits per heavy atom. The molecule has 0 aliphatic rings. The summed E-state index contributed by atoms with van der Waals surface area (Å²) in [6, 6.07) is 18.0. The number of rotatable bonds is 4. The fourth-order valence-corrected chi connectivity index (χ4v) is 2.80. The average Bonchev–Trinajstić information content (AvgIpc) is 2.66. The number of hydrogen-bond acceptors (Lipinski definition) is 3. The maximum Gasteiger partial charge on any atom is 0.326 e. The van der Waals surface area contributed by atoms with E-state index in [1.807, 2.05) is 6.07 Å². The van der Waals surface area contributed by atoms with E-state index in [1.54, 1.807) is 61.5 Å². The van der Waals surface area contributed by atoms with Crippen LogP contribution in [0, 0.1) is 6.92 Å². The van der Waals surface area contributed by atoms with Crippen LogP contribution in [0.5, 0.6) is 11.5 Å². The summed E-state index contributed by atoms with van der Waals surface area (Å²) in [6.45, 7) is 1.80. The van der Waals surface area contributed by atoms with E-state index in [9.17, 15) is 9.59 Å². The fraction of sp³-hybridized carbons (Fsp3) is 0.0476. The Kier molecular flexibility index (Phi) is 6.19. The van der Waals surface area contributed by atoms with E-state index in [0.717, 1.165) is 5.56 Å². The highest BCUT2D eigenvalue weighted by molar-refractivity contribution is 6.32. The number of imide groups is 1. The number of anilines is 1. The van der Waals surface area contributed by atoms with Gasteiger partial charge < -0.3 is 10.1 Å². The van der Waals surface area contributed by atoms with Gasteiger partial charge in [-0.15, -0.1) is 0 Å². The van der Waals surface area contributed by atoms with E-state index in [0.29, 0.717) is 32.8 Å². The Hall–Kier alpha value is -3.02. The van der Waals surface area contributed by atoms with Gasteiger partial charge in [0.2, 0.25) is 0 Å². The lowest BCUT2D eigenvalue weighted by atomic mass is 10.1. The number of hydrogen-bond donors (Lipinski definition) is 2. The van der Waals surface area contributed by atoms with Gasteiger partial charge in [-0.05, 0) is 61.0 Å². The molecule has 0 saturated carbocycles. The maximum absolute atomic E-state index is 12.2. The number of aryl methyl sites for hydroxylation is 1. The first kappa shape index (κ1) is 19.7. The van der Waals surface area contributed by atoms with Crippen LogP contribution >= 0.6 is 23.2 Å². The summed E-state index contributed by atoms with van der Waals surface area (Å²) < 4.78 is 5.69. The van der Waals surface area contributed by atoms with Crippen molar-refractivity contribution in [1.29, 1.82) is 0 Å². The van der Waals surface area contributed by atoms with Crippen molar-refractivity contribution in [3.05, 3.63) is 87.9 Å². The van der Waals surface area contributed by atoms with Crippen LogP contribution < -0.4 is 15.4 Å². The Bertz CT molecular complexity index is 1020. The summed E-state index contributed by atoms with van der Waals surface area (Å²) in [6.07, 6.45) is 0. The molecule has 0 unspecified atom stereocenters. The SMILES string of the molecule is Cc1ccccc1C(=O)NC(=O)Nc1ccc(Oc2ccc(Cl)cc2)c(Cl)c1. The third kappa shape index (κ3) is 5.03. The van der Waals surface area contributed by atoms with E-state index in [4.69, 9.17) is 27.9 Å². The zero-order chi connectivity index (χ0) is 20.1. The number of nitrogens with one attached hydrogen (secondary N) is 2. The minimum Gasteiger partial charge on any atom is -0.456 e. The molecule has 3 rings (SSSR count). The molecule has 0 radical (unpaired) electrons. The van der Waals surface area contributed by atoms with Crippen molar-refractivity contribution in [3.63, 3.8) is 0 Å². The molecule has 7 heteroatoms. The zero-order valence-electron chi connectivity index (χ0n) is 14.8.